The van der Waals surface area contributed by atoms with Gasteiger partial charge in [0.15, 0.2) is 0 Å². The van der Waals surface area contributed by atoms with Gasteiger partial charge in [0.1, 0.15) is 6.79 Å². The Kier molecular flexibility index (Phi) is 4.62. The van der Waals surface area contributed by atoms with Crippen molar-refractivity contribution in [1.29, 1.82) is 0 Å². The van der Waals surface area contributed by atoms with Crippen molar-refractivity contribution in [3.63, 3.8) is 0 Å². The van der Waals surface area contributed by atoms with E-state index in [2.05, 4.69) is 13.8 Å². The highest BCUT2D eigenvalue weighted by Gasteiger charge is 2.21. The van der Waals surface area contributed by atoms with Gasteiger partial charge in [0.2, 0.25) is 0 Å². The van der Waals surface area contributed by atoms with E-state index in [0.717, 1.165) is 6.42 Å². The van der Waals surface area contributed by atoms with E-state index in [1.165, 1.54) is 25.7 Å². The van der Waals surface area contributed by atoms with Crippen molar-refractivity contribution < 1.29 is 9.47 Å². The smallest absolute Gasteiger partial charge is 0.147 e. The first-order chi connectivity index (χ1) is 5.86. The van der Waals surface area contributed by atoms with Crippen LogP contribution < -0.4 is 0 Å². The van der Waals surface area contributed by atoms with E-state index in [0.29, 0.717) is 19.0 Å². The van der Waals surface area contributed by atoms with Crippen LogP contribution in [0.1, 0.15) is 46.0 Å². The van der Waals surface area contributed by atoms with Crippen LogP contribution in [0.15, 0.2) is 0 Å². The molecule has 0 bridgehead atoms. The van der Waals surface area contributed by atoms with Gasteiger partial charge in [0, 0.05) is 0 Å². The van der Waals surface area contributed by atoms with Gasteiger partial charge in [0.25, 0.3) is 0 Å². The normalized spacial score (nSPS) is 30.5. The zero-order valence-electron chi connectivity index (χ0n) is 8.21. The molecular formula is C10H20O2. The second kappa shape index (κ2) is 5.55. The SMILES string of the molecule is CCC[C@@H]1C[C@H](CCC)OCO1. The van der Waals surface area contributed by atoms with Gasteiger partial charge in [-0.2, -0.15) is 0 Å². The summed E-state index contributed by atoms with van der Waals surface area (Å²) in [6.07, 6.45) is 6.81. The molecule has 0 N–H and O–H groups in total. The predicted molar refractivity (Wildman–Crippen MR) is 49.0 cm³/mol. The number of ether oxygens (including phenoxy) is 2. The molecule has 12 heavy (non-hydrogen) atoms. The summed E-state index contributed by atoms with van der Waals surface area (Å²) in [5, 5.41) is 0. The molecule has 1 heterocycles. The number of hydrogen-bond donors (Lipinski definition) is 0. The van der Waals surface area contributed by atoms with Gasteiger partial charge < -0.3 is 9.47 Å². The Labute approximate surface area is 75.2 Å². The molecule has 2 heteroatoms. The molecule has 1 aliphatic rings. The molecule has 0 aromatic heterocycles. The van der Waals surface area contributed by atoms with E-state index in [9.17, 15) is 0 Å². The molecule has 0 amide bonds. The van der Waals surface area contributed by atoms with Gasteiger partial charge in [-0.05, 0) is 19.3 Å². The molecular weight excluding hydrogens is 152 g/mol. The summed E-state index contributed by atoms with van der Waals surface area (Å²) in [6.45, 7) is 4.91. The van der Waals surface area contributed by atoms with Crippen molar-refractivity contribution in [3.05, 3.63) is 0 Å². The van der Waals surface area contributed by atoms with Crippen LogP contribution in [0, 0.1) is 0 Å². The van der Waals surface area contributed by atoms with Crippen LogP contribution in [0.4, 0.5) is 0 Å². The summed E-state index contributed by atoms with van der Waals surface area (Å²) in [4.78, 5) is 0. The molecule has 1 saturated heterocycles. The average molecular weight is 172 g/mol. The lowest BCUT2D eigenvalue weighted by atomic mass is 10.0. The molecule has 0 radical (unpaired) electrons. The van der Waals surface area contributed by atoms with Gasteiger partial charge in [-0.25, -0.2) is 0 Å². The van der Waals surface area contributed by atoms with E-state index >= 15 is 0 Å². The lowest BCUT2D eigenvalue weighted by Crippen LogP contribution is -2.31. The third kappa shape index (κ3) is 3.11. The molecule has 0 unspecified atom stereocenters. The van der Waals surface area contributed by atoms with E-state index in [1.807, 2.05) is 0 Å². The summed E-state index contributed by atoms with van der Waals surface area (Å²) >= 11 is 0. The summed E-state index contributed by atoms with van der Waals surface area (Å²) in [6, 6.07) is 0. The molecule has 1 aliphatic heterocycles. The van der Waals surface area contributed by atoms with Crippen LogP contribution in [0.5, 0.6) is 0 Å². The fourth-order valence-electron chi connectivity index (χ4n) is 1.71. The third-order valence-electron chi connectivity index (χ3n) is 2.35. The summed E-state index contributed by atoms with van der Waals surface area (Å²) in [5.74, 6) is 0. The van der Waals surface area contributed by atoms with Crippen LogP contribution >= 0.6 is 0 Å². The molecule has 0 spiro atoms. The van der Waals surface area contributed by atoms with E-state index in [-0.39, 0.29) is 0 Å². The highest BCUT2D eigenvalue weighted by atomic mass is 16.7. The molecule has 72 valence electrons. The Hall–Kier alpha value is -0.0800. The van der Waals surface area contributed by atoms with E-state index in [1.54, 1.807) is 0 Å². The van der Waals surface area contributed by atoms with Gasteiger partial charge in [-0.1, -0.05) is 26.7 Å². The van der Waals surface area contributed by atoms with E-state index < -0.39 is 0 Å². The maximum atomic E-state index is 5.47. The standard InChI is InChI=1S/C10H20O2/c1-3-5-9-7-10(6-4-2)12-8-11-9/h9-10H,3-8H2,1-2H3/t9-,10+. The fourth-order valence-corrected chi connectivity index (χ4v) is 1.71. The monoisotopic (exact) mass is 172 g/mol. The van der Waals surface area contributed by atoms with E-state index in [4.69, 9.17) is 9.47 Å². The molecule has 1 rings (SSSR count). The van der Waals surface area contributed by atoms with Crippen LogP contribution in [0.3, 0.4) is 0 Å². The minimum absolute atomic E-state index is 0.459. The van der Waals surface area contributed by atoms with Gasteiger partial charge >= 0.3 is 0 Å². The lowest BCUT2D eigenvalue weighted by molar-refractivity contribution is -0.178. The topological polar surface area (TPSA) is 18.5 Å². The molecule has 0 aliphatic carbocycles. The molecule has 1 fully saturated rings. The zero-order chi connectivity index (χ0) is 8.81. The number of hydrogen-bond acceptors (Lipinski definition) is 2. The Balaban J connectivity index is 2.20. The van der Waals surface area contributed by atoms with Crippen molar-refractivity contribution in [1.82, 2.24) is 0 Å². The first-order valence-electron chi connectivity index (χ1n) is 5.10. The lowest BCUT2D eigenvalue weighted by Gasteiger charge is -2.29. The van der Waals surface area contributed by atoms with Crippen molar-refractivity contribution in [2.45, 2.75) is 58.2 Å². The maximum absolute atomic E-state index is 5.47. The van der Waals surface area contributed by atoms with Crippen LogP contribution in [-0.4, -0.2) is 19.0 Å². The quantitative estimate of drug-likeness (QED) is 0.649. The van der Waals surface area contributed by atoms with Crippen LogP contribution in [-0.2, 0) is 9.47 Å². The highest BCUT2D eigenvalue weighted by Crippen LogP contribution is 2.20. The Morgan fingerprint density at radius 2 is 1.50 bits per heavy atom. The third-order valence-corrected chi connectivity index (χ3v) is 2.35. The highest BCUT2D eigenvalue weighted by molar-refractivity contribution is 4.68. The molecule has 0 aromatic carbocycles. The Morgan fingerprint density at radius 3 is 1.92 bits per heavy atom. The second-order valence-electron chi connectivity index (χ2n) is 3.51. The molecule has 0 saturated carbocycles. The van der Waals surface area contributed by atoms with Crippen LogP contribution in [0.25, 0.3) is 0 Å². The summed E-state index contributed by atoms with van der Waals surface area (Å²) in [7, 11) is 0. The minimum Gasteiger partial charge on any atom is -0.352 e. The van der Waals surface area contributed by atoms with Crippen molar-refractivity contribution >= 4 is 0 Å². The van der Waals surface area contributed by atoms with Crippen molar-refractivity contribution in [2.24, 2.45) is 0 Å². The summed E-state index contributed by atoms with van der Waals surface area (Å²) < 4.78 is 10.9. The van der Waals surface area contributed by atoms with Gasteiger partial charge in [0.05, 0.1) is 12.2 Å². The zero-order valence-corrected chi connectivity index (χ0v) is 8.21. The molecule has 0 aromatic rings. The van der Waals surface area contributed by atoms with Gasteiger partial charge in [-0.3, -0.25) is 0 Å². The van der Waals surface area contributed by atoms with Gasteiger partial charge in [-0.15, -0.1) is 0 Å². The maximum Gasteiger partial charge on any atom is 0.147 e. The first kappa shape index (κ1) is 10.0. The predicted octanol–water partition coefficient (Wildman–Crippen LogP) is 2.72. The number of rotatable bonds is 4. The largest absolute Gasteiger partial charge is 0.352 e. The Bertz CT molecular complexity index is 98.4. The molecule has 2 atom stereocenters. The summed E-state index contributed by atoms with van der Waals surface area (Å²) in [5.41, 5.74) is 0. The Morgan fingerprint density at radius 1 is 1.00 bits per heavy atom. The second-order valence-corrected chi connectivity index (χ2v) is 3.51. The minimum atomic E-state index is 0.459. The average Bonchev–Trinajstić information content (AvgIpc) is 2.06. The van der Waals surface area contributed by atoms with Crippen molar-refractivity contribution in [3.8, 4) is 0 Å². The first-order valence-corrected chi connectivity index (χ1v) is 5.10. The van der Waals surface area contributed by atoms with Crippen LogP contribution in [0.2, 0.25) is 0 Å². The van der Waals surface area contributed by atoms with Crippen molar-refractivity contribution in [2.75, 3.05) is 6.79 Å². The fraction of sp³-hybridized carbons (Fsp3) is 1.00. The molecule has 2 nitrogen and oxygen atoms in total.